The number of hydrogen-bond donors (Lipinski definition) is 1. The smallest absolute Gasteiger partial charge is 0.299 e. The van der Waals surface area contributed by atoms with Gasteiger partial charge in [-0.3, -0.25) is 9.59 Å². The summed E-state index contributed by atoms with van der Waals surface area (Å²) in [6, 6.07) is 5.75. The quantitative estimate of drug-likeness (QED) is 0.729. The van der Waals surface area contributed by atoms with Crippen molar-refractivity contribution in [1.82, 2.24) is 5.32 Å². The van der Waals surface area contributed by atoms with Crippen LogP contribution in [0.15, 0.2) is 18.2 Å². The number of benzene rings is 1. The molecule has 2 aliphatic rings. The SMILES string of the molecule is Cc1ccc2c(c1)C(=O)C(=O)N2C1CCNC1. The Bertz CT molecular complexity index is 504. The number of Topliss-reactive ketones (excluding diaryl/α,β-unsaturated/α-hetero) is 1. The highest BCUT2D eigenvalue weighted by molar-refractivity contribution is 6.52. The maximum absolute atomic E-state index is 12.0. The summed E-state index contributed by atoms with van der Waals surface area (Å²) in [5.74, 6) is -0.741. The van der Waals surface area contributed by atoms with Crippen molar-refractivity contribution in [3.63, 3.8) is 0 Å². The molecule has 2 heterocycles. The molecule has 0 aromatic heterocycles. The van der Waals surface area contributed by atoms with Crippen LogP contribution in [0.3, 0.4) is 0 Å². The molecule has 1 amide bonds. The molecule has 4 heteroatoms. The van der Waals surface area contributed by atoms with Crippen molar-refractivity contribution < 1.29 is 9.59 Å². The summed E-state index contributed by atoms with van der Waals surface area (Å²) < 4.78 is 0. The molecule has 1 fully saturated rings. The molecule has 0 aliphatic carbocycles. The van der Waals surface area contributed by atoms with Crippen molar-refractivity contribution in [1.29, 1.82) is 0 Å². The van der Waals surface area contributed by atoms with Crippen LogP contribution in [0.2, 0.25) is 0 Å². The van der Waals surface area contributed by atoms with E-state index in [4.69, 9.17) is 0 Å². The highest BCUT2D eigenvalue weighted by atomic mass is 16.2. The van der Waals surface area contributed by atoms with Gasteiger partial charge in [0.2, 0.25) is 0 Å². The van der Waals surface area contributed by atoms with Crippen molar-refractivity contribution in [2.24, 2.45) is 0 Å². The third-order valence-corrected chi connectivity index (χ3v) is 3.47. The van der Waals surface area contributed by atoms with Gasteiger partial charge in [0.25, 0.3) is 11.7 Å². The first-order valence-electron chi connectivity index (χ1n) is 5.88. The Balaban J connectivity index is 2.07. The van der Waals surface area contributed by atoms with Crippen LogP contribution in [0, 0.1) is 6.92 Å². The molecule has 88 valence electrons. The van der Waals surface area contributed by atoms with Crippen LogP contribution in [0.25, 0.3) is 0 Å². The van der Waals surface area contributed by atoms with Crippen LogP contribution >= 0.6 is 0 Å². The number of nitrogens with zero attached hydrogens (tertiary/aromatic N) is 1. The van der Waals surface area contributed by atoms with Crippen molar-refractivity contribution in [3.05, 3.63) is 29.3 Å². The number of carbonyl (C=O) groups is 2. The Morgan fingerprint density at radius 3 is 2.88 bits per heavy atom. The molecule has 0 radical (unpaired) electrons. The predicted molar refractivity (Wildman–Crippen MR) is 64.3 cm³/mol. The molecule has 1 aromatic rings. The normalized spacial score (nSPS) is 23.4. The number of aryl methyl sites for hydroxylation is 1. The van der Waals surface area contributed by atoms with Crippen molar-refractivity contribution >= 4 is 17.4 Å². The van der Waals surface area contributed by atoms with Crippen molar-refractivity contribution in [2.45, 2.75) is 19.4 Å². The van der Waals surface area contributed by atoms with Crippen molar-refractivity contribution in [2.75, 3.05) is 18.0 Å². The van der Waals surface area contributed by atoms with Crippen LogP contribution in [0.1, 0.15) is 22.3 Å². The van der Waals surface area contributed by atoms with E-state index in [0.29, 0.717) is 5.56 Å². The fourth-order valence-electron chi connectivity index (χ4n) is 2.60. The summed E-state index contributed by atoms with van der Waals surface area (Å²) in [5.41, 5.74) is 2.34. The van der Waals surface area contributed by atoms with E-state index in [1.807, 2.05) is 19.1 Å². The molecule has 0 saturated carbocycles. The van der Waals surface area contributed by atoms with E-state index in [0.717, 1.165) is 30.8 Å². The maximum Gasteiger partial charge on any atom is 0.299 e. The number of hydrogen-bond acceptors (Lipinski definition) is 3. The molecule has 1 atom stereocenters. The molecular weight excluding hydrogens is 216 g/mol. The third-order valence-electron chi connectivity index (χ3n) is 3.47. The van der Waals surface area contributed by atoms with Gasteiger partial charge < -0.3 is 10.2 Å². The summed E-state index contributed by atoms with van der Waals surface area (Å²) in [4.78, 5) is 25.6. The first kappa shape index (κ1) is 10.5. The summed E-state index contributed by atoms with van der Waals surface area (Å²) in [6.45, 7) is 3.61. The van der Waals surface area contributed by atoms with Crippen molar-refractivity contribution in [3.8, 4) is 0 Å². The van der Waals surface area contributed by atoms with Crippen LogP contribution in [0.5, 0.6) is 0 Å². The zero-order chi connectivity index (χ0) is 12.0. The number of carbonyl (C=O) groups excluding carboxylic acids is 2. The summed E-state index contributed by atoms with van der Waals surface area (Å²) >= 11 is 0. The zero-order valence-electron chi connectivity index (χ0n) is 9.69. The zero-order valence-corrected chi connectivity index (χ0v) is 9.69. The molecule has 0 bridgehead atoms. The van der Waals surface area contributed by atoms with Gasteiger partial charge >= 0.3 is 0 Å². The van der Waals surface area contributed by atoms with Crippen LogP contribution < -0.4 is 10.2 Å². The molecule has 17 heavy (non-hydrogen) atoms. The summed E-state index contributed by atoms with van der Waals surface area (Å²) in [7, 11) is 0. The molecule has 1 aromatic carbocycles. The fourth-order valence-corrected chi connectivity index (χ4v) is 2.60. The number of anilines is 1. The van der Waals surface area contributed by atoms with Gasteiger partial charge in [-0.05, 0) is 32.0 Å². The monoisotopic (exact) mass is 230 g/mol. The Hall–Kier alpha value is -1.68. The fraction of sp³-hybridized carbons (Fsp3) is 0.385. The van der Waals surface area contributed by atoms with Crippen LogP contribution in [0.4, 0.5) is 5.69 Å². The van der Waals surface area contributed by atoms with Crippen LogP contribution in [-0.2, 0) is 4.79 Å². The van der Waals surface area contributed by atoms with E-state index < -0.39 is 0 Å². The van der Waals surface area contributed by atoms with E-state index >= 15 is 0 Å². The van der Waals surface area contributed by atoms with Gasteiger partial charge in [0.1, 0.15) is 0 Å². The van der Waals surface area contributed by atoms with E-state index in [1.165, 1.54) is 0 Å². The first-order valence-corrected chi connectivity index (χ1v) is 5.88. The lowest BCUT2D eigenvalue weighted by molar-refractivity contribution is -0.114. The summed E-state index contributed by atoms with van der Waals surface area (Å²) in [6.07, 6.45) is 0.909. The van der Waals surface area contributed by atoms with Gasteiger partial charge in [0, 0.05) is 6.54 Å². The molecule has 4 nitrogen and oxygen atoms in total. The average molecular weight is 230 g/mol. The second-order valence-corrected chi connectivity index (χ2v) is 4.67. The number of fused-ring (bicyclic) bond motifs is 1. The first-order chi connectivity index (χ1) is 8.18. The van der Waals surface area contributed by atoms with Gasteiger partial charge in [-0.15, -0.1) is 0 Å². The molecule has 3 rings (SSSR count). The number of rotatable bonds is 1. The Labute approximate surface area is 99.6 Å². The second kappa shape index (κ2) is 3.67. The van der Waals surface area contributed by atoms with Gasteiger partial charge in [0.15, 0.2) is 0 Å². The lowest BCUT2D eigenvalue weighted by Crippen LogP contribution is -2.40. The Kier molecular flexibility index (Phi) is 2.26. The molecule has 1 N–H and O–H groups in total. The minimum Gasteiger partial charge on any atom is -0.315 e. The highest BCUT2D eigenvalue weighted by Gasteiger charge is 2.40. The minimum atomic E-state index is -0.376. The molecule has 2 aliphatic heterocycles. The Morgan fingerprint density at radius 2 is 2.18 bits per heavy atom. The summed E-state index contributed by atoms with van der Waals surface area (Å²) in [5, 5.41) is 3.22. The maximum atomic E-state index is 12.0. The van der Waals surface area contributed by atoms with Crippen LogP contribution in [-0.4, -0.2) is 30.8 Å². The number of ketones is 1. The average Bonchev–Trinajstić information content (AvgIpc) is 2.90. The number of nitrogens with one attached hydrogen (secondary N) is 1. The second-order valence-electron chi connectivity index (χ2n) is 4.67. The highest BCUT2D eigenvalue weighted by Crippen LogP contribution is 2.32. The minimum absolute atomic E-state index is 0.121. The standard InChI is InChI=1S/C13H14N2O2/c1-8-2-3-11-10(6-8)12(16)13(17)15(11)9-4-5-14-7-9/h2-3,6,9,14H,4-5,7H2,1H3. The Morgan fingerprint density at radius 1 is 1.35 bits per heavy atom. The largest absolute Gasteiger partial charge is 0.315 e. The lowest BCUT2D eigenvalue weighted by Gasteiger charge is -2.23. The van der Waals surface area contributed by atoms with Gasteiger partial charge in [-0.25, -0.2) is 0 Å². The van der Waals surface area contributed by atoms with Gasteiger partial charge in [0.05, 0.1) is 17.3 Å². The molecule has 1 unspecified atom stereocenters. The number of amides is 1. The van der Waals surface area contributed by atoms with E-state index in [1.54, 1.807) is 11.0 Å². The third kappa shape index (κ3) is 1.48. The van der Waals surface area contributed by atoms with Gasteiger partial charge in [-0.2, -0.15) is 0 Å². The molecule has 1 saturated heterocycles. The molecular formula is C13H14N2O2. The van der Waals surface area contributed by atoms with E-state index in [2.05, 4.69) is 5.32 Å². The van der Waals surface area contributed by atoms with E-state index in [9.17, 15) is 9.59 Å². The lowest BCUT2D eigenvalue weighted by atomic mass is 10.1. The topological polar surface area (TPSA) is 49.4 Å². The van der Waals surface area contributed by atoms with E-state index in [-0.39, 0.29) is 17.7 Å². The predicted octanol–water partition coefficient (Wildman–Crippen LogP) is 0.886. The molecule has 0 spiro atoms. The van der Waals surface area contributed by atoms with Gasteiger partial charge in [-0.1, -0.05) is 11.6 Å².